The summed E-state index contributed by atoms with van der Waals surface area (Å²) in [6, 6.07) is 5.16. The normalized spacial score (nSPS) is 18.7. The lowest BCUT2D eigenvalue weighted by Gasteiger charge is -2.16. The molecule has 1 aliphatic rings. The van der Waals surface area contributed by atoms with E-state index in [9.17, 15) is 14.7 Å². The molecule has 1 unspecified atom stereocenters. The van der Waals surface area contributed by atoms with Crippen LogP contribution in [0.1, 0.15) is 27.9 Å². The van der Waals surface area contributed by atoms with Gasteiger partial charge in [-0.3, -0.25) is 4.79 Å². The van der Waals surface area contributed by atoms with Gasteiger partial charge in [0.15, 0.2) is 0 Å². The number of hydrogen-bond donors (Lipinski definition) is 2. The molecule has 1 heterocycles. The second-order valence-electron chi connectivity index (χ2n) is 4.94. The number of carboxylic acid groups (broad SMARTS) is 1. The van der Waals surface area contributed by atoms with Gasteiger partial charge in [-0.2, -0.15) is 0 Å². The highest BCUT2D eigenvalue weighted by Crippen LogP contribution is 2.17. The maximum Gasteiger partial charge on any atom is 0.328 e. The molecule has 2 rings (SSSR count). The molecule has 0 radical (unpaired) electrons. The standard InChI is InChI=1S/C15H17NO4/c1-10-8-12(3-2-11(10)4-5-14(18)19)15(20)16-7-6-13(17)9-16/h2-5,8,13,17H,6-7,9H2,1H3,(H,18,19)/b5-4+. The minimum atomic E-state index is -1.00. The van der Waals surface area contributed by atoms with Crippen molar-refractivity contribution in [1.29, 1.82) is 0 Å². The molecule has 106 valence electrons. The van der Waals surface area contributed by atoms with Crippen LogP contribution >= 0.6 is 0 Å². The molecule has 0 bridgehead atoms. The molecule has 5 nitrogen and oxygen atoms in total. The summed E-state index contributed by atoms with van der Waals surface area (Å²) in [7, 11) is 0. The van der Waals surface area contributed by atoms with Crippen LogP contribution in [0.5, 0.6) is 0 Å². The van der Waals surface area contributed by atoms with Crippen LogP contribution in [0.4, 0.5) is 0 Å². The third-order valence-corrected chi connectivity index (χ3v) is 3.37. The van der Waals surface area contributed by atoms with Gasteiger partial charge in [-0.15, -0.1) is 0 Å². The number of carbonyl (C=O) groups excluding carboxylic acids is 1. The average molecular weight is 275 g/mol. The monoisotopic (exact) mass is 275 g/mol. The number of aryl methyl sites for hydroxylation is 1. The van der Waals surface area contributed by atoms with Crippen LogP contribution in [0.2, 0.25) is 0 Å². The highest BCUT2D eigenvalue weighted by Gasteiger charge is 2.25. The van der Waals surface area contributed by atoms with Crippen molar-refractivity contribution in [3.63, 3.8) is 0 Å². The minimum absolute atomic E-state index is 0.0987. The van der Waals surface area contributed by atoms with Crippen molar-refractivity contribution in [2.45, 2.75) is 19.4 Å². The molecule has 0 spiro atoms. The molecular weight excluding hydrogens is 258 g/mol. The Morgan fingerprint density at radius 3 is 2.70 bits per heavy atom. The summed E-state index contributed by atoms with van der Waals surface area (Å²) in [5.74, 6) is -1.10. The number of hydrogen-bond acceptors (Lipinski definition) is 3. The van der Waals surface area contributed by atoms with E-state index in [1.807, 2.05) is 6.92 Å². The quantitative estimate of drug-likeness (QED) is 0.815. The van der Waals surface area contributed by atoms with Crippen LogP contribution in [-0.2, 0) is 4.79 Å². The predicted octanol–water partition coefficient (Wildman–Crippen LogP) is 1.30. The molecule has 2 N–H and O–H groups in total. The fourth-order valence-corrected chi connectivity index (χ4v) is 2.27. The van der Waals surface area contributed by atoms with Crippen LogP contribution < -0.4 is 0 Å². The predicted molar refractivity (Wildman–Crippen MR) is 74.4 cm³/mol. The van der Waals surface area contributed by atoms with Crippen molar-refractivity contribution in [2.75, 3.05) is 13.1 Å². The topological polar surface area (TPSA) is 77.8 Å². The summed E-state index contributed by atoms with van der Waals surface area (Å²) in [5.41, 5.74) is 2.17. The minimum Gasteiger partial charge on any atom is -0.478 e. The maximum atomic E-state index is 12.2. The zero-order valence-corrected chi connectivity index (χ0v) is 11.2. The molecule has 0 aliphatic carbocycles. The third kappa shape index (κ3) is 3.24. The average Bonchev–Trinajstić information content (AvgIpc) is 2.83. The Bertz CT molecular complexity index is 565. The van der Waals surface area contributed by atoms with E-state index in [0.717, 1.165) is 17.2 Å². The van der Waals surface area contributed by atoms with Crippen LogP contribution in [0.15, 0.2) is 24.3 Å². The van der Waals surface area contributed by atoms with Crippen LogP contribution in [0.25, 0.3) is 6.08 Å². The smallest absolute Gasteiger partial charge is 0.328 e. The zero-order chi connectivity index (χ0) is 14.7. The van der Waals surface area contributed by atoms with E-state index in [4.69, 9.17) is 5.11 Å². The van der Waals surface area contributed by atoms with Gasteiger partial charge >= 0.3 is 5.97 Å². The summed E-state index contributed by atoms with van der Waals surface area (Å²) in [5, 5.41) is 18.1. The SMILES string of the molecule is Cc1cc(C(=O)N2CCC(O)C2)ccc1/C=C/C(=O)O. The number of aliphatic hydroxyl groups excluding tert-OH is 1. The first kappa shape index (κ1) is 14.3. The summed E-state index contributed by atoms with van der Waals surface area (Å²) in [4.78, 5) is 24.3. The number of amides is 1. The largest absolute Gasteiger partial charge is 0.478 e. The first-order chi connectivity index (χ1) is 9.47. The zero-order valence-electron chi connectivity index (χ0n) is 11.2. The number of likely N-dealkylation sites (tertiary alicyclic amines) is 1. The van der Waals surface area contributed by atoms with E-state index in [1.54, 1.807) is 23.1 Å². The lowest BCUT2D eigenvalue weighted by molar-refractivity contribution is -0.131. The fraction of sp³-hybridized carbons (Fsp3) is 0.333. The lowest BCUT2D eigenvalue weighted by atomic mass is 10.0. The van der Waals surface area contributed by atoms with Gasteiger partial charge in [-0.1, -0.05) is 6.07 Å². The summed E-state index contributed by atoms with van der Waals surface area (Å²) >= 11 is 0. The van der Waals surface area contributed by atoms with Crippen LogP contribution in [0, 0.1) is 6.92 Å². The number of β-amino-alcohol motifs (C(OH)–C–C–N with tert-alkyl or cyclic N) is 1. The fourth-order valence-electron chi connectivity index (χ4n) is 2.27. The molecular formula is C15H17NO4. The number of carboxylic acids is 1. The van der Waals surface area contributed by atoms with Gasteiger partial charge in [0.2, 0.25) is 0 Å². The van der Waals surface area contributed by atoms with E-state index in [-0.39, 0.29) is 5.91 Å². The van der Waals surface area contributed by atoms with Crippen molar-refractivity contribution in [1.82, 2.24) is 4.90 Å². The molecule has 0 saturated carbocycles. The molecule has 1 aromatic rings. The van der Waals surface area contributed by atoms with Gasteiger partial charge in [0.25, 0.3) is 5.91 Å². The van der Waals surface area contributed by atoms with Gasteiger partial charge in [0, 0.05) is 24.7 Å². The van der Waals surface area contributed by atoms with Crippen molar-refractivity contribution < 1.29 is 19.8 Å². The number of benzene rings is 1. The van der Waals surface area contributed by atoms with Gasteiger partial charge < -0.3 is 15.1 Å². The first-order valence-corrected chi connectivity index (χ1v) is 6.46. The molecule has 1 fully saturated rings. The Hall–Kier alpha value is -2.14. The Labute approximate surface area is 117 Å². The van der Waals surface area contributed by atoms with Crippen molar-refractivity contribution >= 4 is 18.0 Å². The third-order valence-electron chi connectivity index (χ3n) is 3.37. The Balaban J connectivity index is 2.16. The molecule has 1 atom stereocenters. The molecule has 1 aromatic carbocycles. The highest BCUT2D eigenvalue weighted by molar-refractivity contribution is 5.95. The van der Waals surface area contributed by atoms with E-state index < -0.39 is 12.1 Å². The van der Waals surface area contributed by atoms with E-state index >= 15 is 0 Å². The van der Waals surface area contributed by atoms with Gasteiger partial charge in [0.05, 0.1) is 6.10 Å². The Kier molecular flexibility index (Phi) is 4.20. The maximum absolute atomic E-state index is 12.2. The number of nitrogens with zero attached hydrogens (tertiary/aromatic N) is 1. The van der Waals surface area contributed by atoms with Crippen LogP contribution in [0.3, 0.4) is 0 Å². The summed E-state index contributed by atoms with van der Waals surface area (Å²) in [6.45, 7) is 2.77. The lowest BCUT2D eigenvalue weighted by Crippen LogP contribution is -2.29. The van der Waals surface area contributed by atoms with E-state index in [2.05, 4.69) is 0 Å². The van der Waals surface area contributed by atoms with Crippen molar-refractivity contribution in [3.8, 4) is 0 Å². The molecule has 1 amide bonds. The number of aliphatic hydroxyl groups is 1. The Morgan fingerprint density at radius 2 is 2.15 bits per heavy atom. The van der Waals surface area contributed by atoms with Gasteiger partial charge in [-0.25, -0.2) is 4.79 Å². The van der Waals surface area contributed by atoms with Crippen molar-refractivity contribution in [3.05, 3.63) is 41.0 Å². The van der Waals surface area contributed by atoms with Crippen molar-refractivity contribution in [2.24, 2.45) is 0 Å². The van der Waals surface area contributed by atoms with Gasteiger partial charge in [0.1, 0.15) is 0 Å². The van der Waals surface area contributed by atoms with Gasteiger partial charge in [-0.05, 0) is 42.7 Å². The highest BCUT2D eigenvalue weighted by atomic mass is 16.4. The summed E-state index contributed by atoms with van der Waals surface area (Å²) < 4.78 is 0. The molecule has 5 heteroatoms. The molecule has 1 aliphatic heterocycles. The van der Waals surface area contributed by atoms with Crippen LogP contribution in [-0.4, -0.2) is 46.2 Å². The number of aliphatic carboxylic acids is 1. The van der Waals surface area contributed by atoms with E-state index in [1.165, 1.54) is 6.08 Å². The number of rotatable bonds is 3. The number of carbonyl (C=O) groups is 2. The summed E-state index contributed by atoms with van der Waals surface area (Å²) in [6.07, 6.45) is 2.76. The van der Waals surface area contributed by atoms with E-state index in [0.29, 0.717) is 25.1 Å². The second kappa shape index (κ2) is 5.88. The Morgan fingerprint density at radius 1 is 1.40 bits per heavy atom. The second-order valence-corrected chi connectivity index (χ2v) is 4.94. The molecule has 20 heavy (non-hydrogen) atoms. The molecule has 1 saturated heterocycles. The molecule has 0 aromatic heterocycles. The first-order valence-electron chi connectivity index (χ1n) is 6.46.